The maximum Gasteiger partial charge on any atom is 0.0310 e. The first-order chi connectivity index (χ1) is 8.28. The van der Waals surface area contributed by atoms with Crippen molar-refractivity contribution in [2.45, 2.75) is 83.6 Å². The van der Waals surface area contributed by atoms with E-state index < -0.39 is 0 Å². The second-order valence-electron chi connectivity index (χ2n) is 6.13. The highest BCUT2D eigenvalue weighted by atomic mass is 14.7. The highest BCUT2D eigenvalue weighted by Crippen LogP contribution is 2.45. The summed E-state index contributed by atoms with van der Waals surface area (Å²) in [6.45, 7) is 2.34. The molecule has 0 amide bonds. The fraction of sp³-hybridized carbons (Fsp3) is 0.875. The van der Waals surface area contributed by atoms with E-state index in [0.717, 1.165) is 0 Å². The summed E-state index contributed by atoms with van der Waals surface area (Å²) in [5.74, 6) is 0. The Morgan fingerprint density at radius 2 is 1.82 bits per heavy atom. The van der Waals surface area contributed by atoms with Crippen LogP contribution in [-0.4, -0.2) is 6.04 Å². The first-order valence-electron chi connectivity index (χ1n) is 7.73. The van der Waals surface area contributed by atoms with Crippen LogP contribution in [0.1, 0.15) is 77.6 Å². The van der Waals surface area contributed by atoms with Crippen molar-refractivity contribution in [2.75, 3.05) is 0 Å². The number of nitrogens with two attached hydrogens (primary N) is 1. The van der Waals surface area contributed by atoms with E-state index in [0.29, 0.717) is 11.5 Å². The van der Waals surface area contributed by atoms with Crippen molar-refractivity contribution < 1.29 is 0 Å². The fourth-order valence-corrected chi connectivity index (χ4v) is 3.86. The highest BCUT2D eigenvalue weighted by molar-refractivity contribution is 5.16. The third kappa shape index (κ3) is 2.93. The summed E-state index contributed by atoms with van der Waals surface area (Å²) in [7, 11) is 0. The molecule has 2 aliphatic rings. The van der Waals surface area contributed by atoms with Gasteiger partial charge in [0.2, 0.25) is 0 Å². The largest absolute Gasteiger partial charge is 0.324 e. The molecule has 0 bridgehead atoms. The molecule has 2 N–H and O–H groups in total. The van der Waals surface area contributed by atoms with Crippen LogP contribution >= 0.6 is 0 Å². The Morgan fingerprint density at radius 1 is 1.12 bits per heavy atom. The number of hydrogen-bond acceptors (Lipinski definition) is 1. The average molecular weight is 235 g/mol. The third-order valence-electron chi connectivity index (χ3n) is 5.19. The smallest absolute Gasteiger partial charge is 0.0310 e. The molecule has 1 unspecified atom stereocenters. The molecule has 1 saturated carbocycles. The molecule has 0 heterocycles. The molecule has 0 radical (unpaired) electrons. The lowest BCUT2D eigenvalue weighted by Crippen LogP contribution is -2.41. The summed E-state index contributed by atoms with van der Waals surface area (Å²) in [6.07, 6.45) is 17.4. The minimum absolute atomic E-state index is 0.355. The Hall–Kier alpha value is -0.300. The van der Waals surface area contributed by atoms with Gasteiger partial charge in [0.15, 0.2) is 0 Å². The number of allylic oxidation sites excluding steroid dienone is 1. The molecule has 1 heteroatoms. The molecule has 0 spiro atoms. The van der Waals surface area contributed by atoms with Crippen molar-refractivity contribution in [1.82, 2.24) is 0 Å². The van der Waals surface area contributed by atoms with Gasteiger partial charge in [-0.25, -0.2) is 0 Å². The predicted octanol–water partition coefficient (Wildman–Crippen LogP) is 4.56. The van der Waals surface area contributed by atoms with Crippen molar-refractivity contribution in [1.29, 1.82) is 0 Å². The van der Waals surface area contributed by atoms with E-state index in [9.17, 15) is 0 Å². The van der Waals surface area contributed by atoms with Gasteiger partial charge in [0.25, 0.3) is 0 Å². The third-order valence-corrected chi connectivity index (χ3v) is 5.19. The number of rotatable bonds is 3. The fourth-order valence-electron chi connectivity index (χ4n) is 3.86. The van der Waals surface area contributed by atoms with Crippen LogP contribution in [0.3, 0.4) is 0 Å². The molecule has 2 rings (SSSR count). The van der Waals surface area contributed by atoms with Gasteiger partial charge in [-0.15, -0.1) is 0 Å². The van der Waals surface area contributed by atoms with Crippen molar-refractivity contribution in [3.8, 4) is 0 Å². The maximum atomic E-state index is 6.65. The van der Waals surface area contributed by atoms with Crippen molar-refractivity contribution >= 4 is 0 Å². The van der Waals surface area contributed by atoms with Gasteiger partial charge in [0.05, 0.1) is 0 Å². The van der Waals surface area contributed by atoms with Crippen molar-refractivity contribution in [3.63, 3.8) is 0 Å². The van der Waals surface area contributed by atoms with E-state index in [2.05, 4.69) is 13.0 Å². The molecule has 1 fully saturated rings. The summed E-state index contributed by atoms with van der Waals surface area (Å²) in [5, 5.41) is 0. The predicted molar refractivity (Wildman–Crippen MR) is 75.0 cm³/mol. The Kier molecular flexibility index (Phi) is 4.67. The first kappa shape index (κ1) is 13.1. The maximum absolute atomic E-state index is 6.65. The zero-order valence-corrected chi connectivity index (χ0v) is 11.5. The molecule has 0 aromatic carbocycles. The monoisotopic (exact) mass is 235 g/mol. The minimum atomic E-state index is 0.355. The van der Waals surface area contributed by atoms with Crippen LogP contribution in [0.25, 0.3) is 0 Å². The van der Waals surface area contributed by atoms with Gasteiger partial charge in [-0.1, -0.05) is 44.3 Å². The van der Waals surface area contributed by atoms with E-state index in [1.54, 1.807) is 5.57 Å². The van der Waals surface area contributed by atoms with Crippen molar-refractivity contribution in [2.24, 2.45) is 11.1 Å². The van der Waals surface area contributed by atoms with Gasteiger partial charge in [0, 0.05) is 6.04 Å². The van der Waals surface area contributed by atoms with Crippen LogP contribution in [0.4, 0.5) is 0 Å². The summed E-state index contributed by atoms with van der Waals surface area (Å²) in [5.41, 5.74) is 8.69. The second-order valence-corrected chi connectivity index (χ2v) is 6.13. The van der Waals surface area contributed by atoms with E-state index in [-0.39, 0.29) is 0 Å². The average Bonchev–Trinajstić information content (AvgIpc) is 2.77. The molecular formula is C16H29N. The van der Waals surface area contributed by atoms with Gasteiger partial charge >= 0.3 is 0 Å². The van der Waals surface area contributed by atoms with Crippen LogP contribution in [0.5, 0.6) is 0 Å². The summed E-state index contributed by atoms with van der Waals surface area (Å²) in [4.78, 5) is 0. The SMILES string of the molecule is CCC1(C(N)C2=CCCCCCC2)CCCC1. The molecule has 0 aromatic heterocycles. The quantitative estimate of drug-likeness (QED) is 0.713. The Morgan fingerprint density at radius 3 is 2.53 bits per heavy atom. The van der Waals surface area contributed by atoms with Crippen LogP contribution in [0, 0.1) is 5.41 Å². The lowest BCUT2D eigenvalue weighted by atomic mass is 9.72. The van der Waals surface area contributed by atoms with Gasteiger partial charge in [-0.05, 0) is 50.4 Å². The van der Waals surface area contributed by atoms with Gasteiger partial charge in [0.1, 0.15) is 0 Å². The molecule has 0 aliphatic heterocycles. The van der Waals surface area contributed by atoms with E-state index in [4.69, 9.17) is 5.73 Å². The zero-order valence-electron chi connectivity index (χ0n) is 11.5. The molecule has 1 nitrogen and oxygen atoms in total. The zero-order chi connectivity index (χ0) is 12.1. The van der Waals surface area contributed by atoms with Gasteiger partial charge in [-0.2, -0.15) is 0 Å². The molecule has 0 aromatic rings. The van der Waals surface area contributed by atoms with Gasteiger partial charge in [-0.3, -0.25) is 0 Å². The molecule has 0 saturated heterocycles. The summed E-state index contributed by atoms with van der Waals surface area (Å²) in [6, 6.07) is 0.355. The van der Waals surface area contributed by atoms with Gasteiger partial charge < -0.3 is 5.73 Å². The van der Waals surface area contributed by atoms with E-state index in [1.807, 2.05) is 0 Å². The minimum Gasteiger partial charge on any atom is -0.324 e. The Balaban J connectivity index is 2.08. The molecule has 17 heavy (non-hydrogen) atoms. The molecule has 98 valence electrons. The van der Waals surface area contributed by atoms with Crippen LogP contribution in [0.2, 0.25) is 0 Å². The first-order valence-corrected chi connectivity index (χ1v) is 7.73. The Labute approximate surface area is 107 Å². The highest BCUT2D eigenvalue weighted by Gasteiger charge is 2.39. The van der Waals surface area contributed by atoms with E-state index in [1.165, 1.54) is 70.6 Å². The van der Waals surface area contributed by atoms with Crippen LogP contribution < -0.4 is 5.73 Å². The lowest BCUT2D eigenvalue weighted by Gasteiger charge is -2.36. The Bertz CT molecular complexity index is 261. The molecular weight excluding hydrogens is 206 g/mol. The topological polar surface area (TPSA) is 26.0 Å². The standard InChI is InChI=1S/C16H29N/c1-2-16(12-8-9-13-16)15(17)14-10-6-4-3-5-7-11-14/h10,15H,2-9,11-13,17H2,1H3. The van der Waals surface area contributed by atoms with Crippen LogP contribution in [-0.2, 0) is 0 Å². The number of hydrogen-bond donors (Lipinski definition) is 1. The molecule has 2 aliphatic carbocycles. The lowest BCUT2D eigenvalue weighted by molar-refractivity contribution is 0.239. The summed E-state index contributed by atoms with van der Waals surface area (Å²) < 4.78 is 0. The van der Waals surface area contributed by atoms with Crippen LogP contribution in [0.15, 0.2) is 11.6 Å². The second kappa shape index (κ2) is 6.04. The summed E-state index contributed by atoms with van der Waals surface area (Å²) >= 11 is 0. The van der Waals surface area contributed by atoms with Crippen molar-refractivity contribution in [3.05, 3.63) is 11.6 Å². The van der Waals surface area contributed by atoms with E-state index >= 15 is 0 Å². The normalized spacial score (nSPS) is 27.1. The molecule has 1 atom stereocenters.